The summed E-state index contributed by atoms with van der Waals surface area (Å²) in [6.45, 7) is 2.21. The molecule has 0 aliphatic heterocycles. The van der Waals surface area contributed by atoms with Gasteiger partial charge in [0.25, 0.3) is 0 Å². The van der Waals surface area contributed by atoms with Crippen LogP contribution in [0.1, 0.15) is 40.5 Å². The van der Waals surface area contributed by atoms with Gasteiger partial charge in [-0.25, -0.2) is 0 Å². The van der Waals surface area contributed by atoms with E-state index in [-0.39, 0.29) is 23.4 Å². The van der Waals surface area contributed by atoms with Crippen LogP contribution in [0.15, 0.2) is 18.2 Å². The number of halogens is 1. The Morgan fingerprint density at radius 1 is 1.00 bits per heavy atom. The maximum Gasteiger partial charge on any atom is 0.167 e. The van der Waals surface area contributed by atoms with Crippen LogP contribution >= 0.6 is 11.6 Å². The normalized spacial score (nSPS) is 39.4. The minimum Gasteiger partial charge on any atom is -0.294 e. The van der Waals surface area contributed by atoms with E-state index in [4.69, 9.17) is 11.6 Å². The molecule has 2 fully saturated rings. The van der Waals surface area contributed by atoms with E-state index in [2.05, 4.69) is 6.92 Å². The van der Waals surface area contributed by atoms with Crippen molar-refractivity contribution in [3.63, 3.8) is 0 Å². The minimum atomic E-state index is -0.0767. The van der Waals surface area contributed by atoms with Gasteiger partial charge < -0.3 is 0 Å². The Hall–Kier alpha value is -1.15. The Morgan fingerprint density at radius 2 is 1.58 bits per heavy atom. The van der Waals surface area contributed by atoms with Gasteiger partial charge in [0.05, 0.1) is 0 Å². The van der Waals surface area contributed by atoms with Crippen molar-refractivity contribution in [3.8, 4) is 0 Å². The van der Waals surface area contributed by atoms with E-state index in [1.807, 2.05) is 0 Å². The monoisotopic (exact) mass is 274 g/mol. The molecule has 3 heteroatoms. The highest BCUT2D eigenvalue weighted by atomic mass is 35.5. The zero-order chi connectivity index (χ0) is 13.3. The number of Topliss-reactive ketones (excluding diaryl/α,β-unsaturated/α-hetero) is 2. The number of benzene rings is 1. The third-order valence-electron chi connectivity index (χ3n) is 5.61. The molecule has 0 aromatic heterocycles. The van der Waals surface area contributed by atoms with Crippen molar-refractivity contribution < 1.29 is 9.59 Å². The molecule has 3 aliphatic rings. The Bertz CT molecular complexity index is 607. The third-order valence-corrected chi connectivity index (χ3v) is 5.85. The topological polar surface area (TPSA) is 34.1 Å². The predicted molar refractivity (Wildman–Crippen MR) is 72.5 cm³/mol. The lowest BCUT2D eigenvalue weighted by molar-refractivity contribution is 0.0661. The standard InChI is InChI=1S/C16H15ClO2/c1-7-9-4-5-10(7)14-13(9)15(18)11-3-2-8(17)6-12(11)16(14)19/h2-3,6-7,9-10,13-14H,4-5H2,1H3. The summed E-state index contributed by atoms with van der Waals surface area (Å²) >= 11 is 5.98. The van der Waals surface area contributed by atoms with E-state index < -0.39 is 0 Å². The summed E-state index contributed by atoms with van der Waals surface area (Å²) in [5.74, 6) is 1.51. The molecule has 4 rings (SSSR count). The molecule has 0 amide bonds. The van der Waals surface area contributed by atoms with Crippen molar-refractivity contribution in [2.75, 3.05) is 0 Å². The Balaban J connectivity index is 1.90. The number of ketones is 2. The molecule has 3 aliphatic carbocycles. The first-order valence-corrected chi connectivity index (χ1v) is 7.35. The number of rotatable bonds is 0. The molecule has 0 radical (unpaired) electrons. The van der Waals surface area contributed by atoms with E-state index in [0.717, 1.165) is 12.8 Å². The third kappa shape index (κ3) is 1.33. The Morgan fingerprint density at radius 3 is 2.21 bits per heavy atom. The maximum absolute atomic E-state index is 12.7. The summed E-state index contributed by atoms with van der Waals surface area (Å²) < 4.78 is 0. The largest absolute Gasteiger partial charge is 0.294 e. The van der Waals surface area contributed by atoms with Crippen molar-refractivity contribution in [1.82, 2.24) is 0 Å². The average Bonchev–Trinajstić information content (AvgIpc) is 2.89. The van der Waals surface area contributed by atoms with E-state index in [1.165, 1.54) is 0 Å². The van der Waals surface area contributed by atoms with Gasteiger partial charge in [-0.1, -0.05) is 18.5 Å². The molecule has 98 valence electrons. The second-order valence-corrected chi connectivity index (χ2v) is 6.67. The molecule has 2 nitrogen and oxygen atoms in total. The summed E-state index contributed by atoms with van der Waals surface area (Å²) in [6, 6.07) is 5.11. The van der Waals surface area contributed by atoms with Gasteiger partial charge in [-0.15, -0.1) is 0 Å². The van der Waals surface area contributed by atoms with Crippen LogP contribution in [-0.4, -0.2) is 11.6 Å². The summed E-state index contributed by atoms with van der Waals surface area (Å²) in [6.07, 6.45) is 2.21. The van der Waals surface area contributed by atoms with Crippen molar-refractivity contribution in [2.45, 2.75) is 19.8 Å². The van der Waals surface area contributed by atoms with E-state index in [1.54, 1.807) is 18.2 Å². The van der Waals surface area contributed by atoms with Crippen LogP contribution in [0.4, 0.5) is 0 Å². The molecule has 1 aromatic carbocycles. The first-order chi connectivity index (χ1) is 9.09. The van der Waals surface area contributed by atoms with Gasteiger partial charge in [0.1, 0.15) is 0 Å². The lowest BCUT2D eigenvalue weighted by Gasteiger charge is -2.33. The minimum absolute atomic E-state index is 0.0603. The molecule has 0 spiro atoms. The van der Waals surface area contributed by atoms with Crippen LogP contribution in [0.5, 0.6) is 0 Å². The summed E-state index contributed by atoms with van der Waals surface area (Å²) in [5.41, 5.74) is 1.15. The van der Waals surface area contributed by atoms with Crippen molar-refractivity contribution in [2.24, 2.45) is 29.6 Å². The van der Waals surface area contributed by atoms with Crippen LogP contribution in [0, 0.1) is 29.6 Å². The SMILES string of the molecule is CC1C2CCC1C1C(=O)c3cc(Cl)ccc3C(=O)C21. The summed E-state index contributed by atoms with van der Waals surface area (Å²) in [5, 5.41) is 0.537. The van der Waals surface area contributed by atoms with Gasteiger partial charge >= 0.3 is 0 Å². The molecule has 0 N–H and O–H groups in total. The van der Waals surface area contributed by atoms with Crippen molar-refractivity contribution in [3.05, 3.63) is 34.3 Å². The number of carbonyl (C=O) groups is 2. The van der Waals surface area contributed by atoms with Crippen LogP contribution < -0.4 is 0 Å². The molecule has 5 atom stereocenters. The Labute approximate surface area is 117 Å². The Kier molecular flexibility index (Phi) is 2.27. The zero-order valence-corrected chi connectivity index (χ0v) is 11.5. The van der Waals surface area contributed by atoms with Crippen molar-refractivity contribution >= 4 is 23.2 Å². The second-order valence-electron chi connectivity index (χ2n) is 6.23. The highest BCUT2D eigenvalue weighted by Crippen LogP contribution is 2.59. The molecule has 1 aromatic rings. The fraction of sp³-hybridized carbons (Fsp3) is 0.500. The fourth-order valence-corrected chi connectivity index (χ4v) is 4.96. The number of hydrogen-bond donors (Lipinski definition) is 0. The van der Waals surface area contributed by atoms with Crippen LogP contribution in [0.25, 0.3) is 0 Å². The van der Waals surface area contributed by atoms with Gasteiger partial charge in [0.2, 0.25) is 0 Å². The van der Waals surface area contributed by atoms with Gasteiger partial charge in [0.15, 0.2) is 11.6 Å². The highest BCUT2D eigenvalue weighted by Gasteiger charge is 2.59. The molecule has 2 bridgehead atoms. The number of hydrogen-bond acceptors (Lipinski definition) is 2. The quantitative estimate of drug-likeness (QED) is 0.724. The number of fused-ring (bicyclic) bond motifs is 6. The van der Waals surface area contributed by atoms with Gasteiger partial charge in [-0.05, 0) is 48.8 Å². The van der Waals surface area contributed by atoms with Crippen molar-refractivity contribution in [1.29, 1.82) is 0 Å². The average molecular weight is 275 g/mol. The predicted octanol–water partition coefficient (Wildman–Crippen LogP) is 3.63. The van der Waals surface area contributed by atoms with Gasteiger partial charge in [0, 0.05) is 28.0 Å². The second kappa shape index (κ2) is 3.69. The summed E-state index contributed by atoms with van der Waals surface area (Å²) in [4.78, 5) is 25.4. The van der Waals surface area contributed by atoms with E-state index in [0.29, 0.717) is 33.9 Å². The summed E-state index contributed by atoms with van der Waals surface area (Å²) in [7, 11) is 0. The highest BCUT2D eigenvalue weighted by molar-refractivity contribution is 6.31. The van der Waals surface area contributed by atoms with Gasteiger partial charge in [-0.2, -0.15) is 0 Å². The molecular weight excluding hydrogens is 260 g/mol. The molecule has 0 heterocycles. The van der Waals surface area contributed by atoms with Crippen LogP contribution in [-0.2, 0) is 0 Å². The molecule has 0 saturated heterocycles. The first-order valence-electron chi connectivity index (χ1n) is 6.97. The van der Waals surface area contributed by atoms with E-state index >= 15 is 0 Å². The zero-order valence-electron chi connectivity index (χ0n) is 10.7. The lowest BCUT2D eigenvalue weighted by atomic mass is 9.67. The smallest absolute Gasteiger partial charge is 0.167 e. The van der Waals surface area contributed by atoms with Crippen LogP contribution in [0.3, 0.4) is 0 Å². The molecular formula is C16H15ClO2. The molecule has 5 unspecified atom stereocenters. The van der Waals surface area contributed by atoms with Crippen LogP contribution in [0.2, 0.25) is 5.02 Å². The number of carbonyl (C=O) groups excluding carboxylic acids is 2. The van der Waals surface area contributed by atoms with E-state index in [9.17, 15) is 9.59 Å². The maximum atomic E-state index is 12.7. The molecule has 19 heavy (non-hydrogen) atoms. The fourth-order valence-electron chi connectivity index (χ4n) is 4.78. The van der Waals surface area contributed by atoms with Gasteiger partial charge in [-0.3, -0.25) is 9.59 Å². The molecule has 2 saturated carbocycles. The lowest BCUT2D eigenvalue weighted by Crippen LogP contribution is -2.40. The first kappa shape index (κ1) is 11.7.